The molecule has 0 bridgehead atoms. The van der Waals surface area contributed by atoms with Gasteiger partial charge in [0.05, 0.1) is 18.4 Å². The number of hydrogen-bond acceptors (Lipinski definition) is 4. The minimum atomic E-state index is -0.320. The lowest BCUT2D eigenvalue weighted by Gasteiger charge is -2.12. The number of ether oxygens (including phenoxy) is 2. The van der Waals surface area contributed by atoms with Crippen LogP contribution < -0.4 is 4.74 Å². The average molecular weight is 347 g/mol. The highest BCUT2D eigenvalue weighted by atomic mass is 16.5. The summed E-state index contributed by atoms with van der Waals surface area (Å²) in [4.78, 5) is 16.5. The molecular formula is C22H21NO3. The van der Waals surface area contributed by atoms with E-state index in [4.69, 9.17) is 9.47 Å². The lowest BCUT2D eigenvalue weighted by Crippen LogP contribution is -2.07. The first kappa shape index (κ1) is 17.7. The van der Waals surface area contributed by atoms with Crippen molar-refractivity contribution in [2.45, 2.75) is 20.5 Å². The van der Waals surface area contributed by atoms with E-state index in [1.807, 2.05) is 74.5 Å². The third kappa shape index (κ3) is 3.91. The van der Waals surface area contributed by atoms with Crippen molar-refractivity contribution in [2.24, 2.45) is 0 Å². The van der Waals surface area contributed by atoms with Crippen molar-refractivity contribution in [3.63, 3.8) is 0 Å². The van der Waals surface area contributed by atoms with Gasteiger partial charge in [0.25, 0.3) is 0 Å². The van der Waals surface area contributed by atoms with Gasteiger partial charge in [0, 0.05) is 11.6 Å². The molecule has 0 aliphatic carbocycles. The smallest absolute Gasteiger partial charge is 0.338 e. The van der Waals surface area contributed by atoms with Gasteiger partial charge in [-0.3, -0.25) is 0 Å². The number of esters is 1. The maximum Gasteiger partial charge on any atom is 0.338 e. The van der Waals surface area contributed by atoms with E-state index in [0.29, 0.717) is 18.1 Å². The minimum Gasteiger partial charge on any atom is -0.473 e. The zero-order valence-corrected chi connectivity index (χ0v) is 15.2. The molecule has 26 heavy (non-hydrogen) atoms. The molecule has 0 N–H and O–H groups in total. The van der Waals surface area contributed by atoms with Gasteiger partial charge in [0.1, 0.15) is 6.61 Å². The van der Waals surface area contributed by atoms with Gasteiger partial charge in [-0.15, -0.1) is 0 Å². The number of aromatic nitrogens is 1. The van der Waals surface area contributed by atoms with Crippen LogP contribution in [0.4, 0.5) is 0 Å². The van der Waals surface area contributed by atoms with E-state index in [1.165, 1.54) is 7.11 Å². The van der Waals surface area contributed by atoms with Crippen molar-refractivity contribution in [1.29, 1.82) is 0 Å². The first-order valence-corrected chi connectivity index (χ1v) is 8.42. The van der Waals surface area contributed by atoms with Crippen molar-refractivity contribution in [3.8, 4) is 17.1 Å². The molecule has 0 spiro atoms. The summed E-state index contributed by atoms with van der Waals surface area (Å²) in [5, 5.41) is 0. The molecule has 0 aliphatic rings. The average Bonchev–Trinajstić information content (AvgIpc) is 2.66. The van der Waals surface area contributed by atoms with Crippen molar-refractivity contribution >= 4 is 5.97 Å². The molecule has 0 amide bonds. The standard InChI is InChI=1S/C22H21NO3/c1-15-12-18(13-16(2)21(15)22(24)25-3)19-10-7-11-20(23-19)26-14-17-8-5-4-6-9-17/h4-13H,14H2,1-3H3. The van der Waals surface area contributed by atoms with Crippen LogP contribution in [-0.4, -0.2) is 18.1 Å². The zero-order valence-electron chi connectivity index (χ0n) is 15.2. The second kappa shape index (κ2) is 7.83. The van der Waals surface area contributed by atoms with E-state index >= 15 is 0 Å². The number of pyridine rings is 1. The van der Waals surface area contributed by atoms with Crippen LogP contribution in [0.3, 0.4) is 0 Å². The Bertz CT molecular complexity index is 897. The number of aryl methyl sites for hydroxylation is 2. The van der Waals surface area contributed by atoms with E-state index in [-0.39, 0.29) is 5.97 Å². The number of benzene rings is 2. The van der Waals surface area contributed by atoms with E-state index in [1.54, 1.807) is 0 Å². The minimum absolute atomic E-state index is 0.320. The summed E-state index contributed by atoms with van der Waals surface area (Å²) in [5.74, 6) is 0.248. The van der Waals surface area contributed by atoms with E-state index in [9.17, 15) is 4.79 Å². The molecule has 4 heteroatoms. The molecule has 0 saturated carbocycles. The number of hydrogen-bond donors (Lipinski definition) is 0. The number of methoxy groups -OCH3 is 1. The Hall–Kier alpha value is -3.14. The molecule has 0 aliphatic heterocycles. The predicted octanol–water partition coefficient (Wildman–Crippen LogP) is 4.73. The SMILES string of the molecule is COC(=O)c1c(C)cc(-c2cccc(OCc3ccccc3)n2)cc1C. The first-order valence-electron chi connectivity index (χ1n) is 8.42. The molecule has 1 aromatic heterocycles. The largest absolute Gasteiger partial charge is 0.473 e. The van der Waals surface area contributed by atoms with Gasteiger partial charge in [0.15, 0.2) is 0 Å². The van der Waals surface area contributed by atoms with Crippen LogP contribution in [0.15, 0.2) is 60.7 Å². The van der Waals surface area contributed by atoms with E-state index < -0.39 is 0 Å². The molecule has 1 heterocycles. The Morgan fingerprint density at radius 3 is 2.31 bits per heavy atom. The van der Waals surface area contributed by atoms with E-state index in [2.05, 4.69) is 4.98 Å². The second-order valence-electron chi connectivity index (χ2n) is 6.11. The summed E-state index contributed by atoms with van der Waals surface area (Å²) in [6, 6.07) is 19.6. The van der Waals surface area contributed by atoms with Crippen LogP contribution in [0.25, 0.3) is 11.3 Å². The quantitative estimate of drug-likeness (QED) is 0.626. The molecule has 3 rings (SSSR count). The molecular weight excluding hydrogens is 326 g/mol. The molecule has 132 valence electrons. The molecule has 3 aromatic rings. The van der Waals surface area contributed by atoms with Crippen LogP contribution in [0, 0.1) is 13.8 Å². The first-order chi connectivity index (χ1) is 12.6. The fourth-order valence-electron chi connectivity index (χ4n) is 2.92. The van der Waals surface area contributed by atoms with Gasteiger partial charge < -0.3 is 9.47 Å². The van der Waals surface area contributed by atoms with Gasteiger partial charge in [-0.1, -0.05) is 36.4 Å². The lowest BCUT2D eigenvalue weighted by atomic mass is 9.97. The molecule has 0 unspecified atom stereocenters. The van der Waals surface area contributed by atoms with Crippen molar-refractivity contribution < 1.29 is 14.3 Å². The third-order valence-corrected chi connectivity index (χ3v) is 4.17. The van der Waals surface area contributed by atoms with Crippen molar-refractivity contribution in [3.05, 3.63) is 82.9 Å². The van der Waals surface area contributed by atoms with E-state index in [0.717, 1.165) is 27.9 Å². The lowest BCUT2D eigenvalue weighted by molar-refractivity contribution is 0.0599. The fourth-order valence-corrected chi connectivity index (χ4v) is 2.92. The molecule has 0 atom stereocenters. The number of carbonyl (C=O) groups is 1. The number of carbonyl (C=O) groups excluding carboxylic acids is 1. The molecule has 0 fully saturated rings. The number of nitrogens with zero attached hydrogens (tertiary/aromatic N) is 1. The highest BCUT2D eigenvalue weighted by Gasteiger charge is 2.15. The highest BCUT2D eigenvalue weighted by Crippen LogP contribution is 2.26. The van der Waals surface area contributed by atoms with Gasteiger partial charge in [-0.05, 0) is 48.7 Å². The highest BCUT2D eigenvalue weighted by molar-refractivity contribution is 5.93. The van der Waals surface area contributed by atoms with Gasteiger partial charge in [-0.2, -0.15) is 0 Å². The Morgan fingerprint density at radius 2 is 1.65 bits per heavy atom. The van der Waals surface area contributed by atoms with Crippen LogP contribution in [0.1, 0.15) is 27.0 Å². The van der Waals surface area contributed by atoms with Crippen molar-refractivity contribution in [2.75, 3.05) is 7.11 Å². The Kier molecular flexibility index (Phi) is 5.32. The second-order valence-corrected chi connectivity index (χ2v) is 6.11. The summed E-state index contributed by atoms with van der Waals surface area (Å²) in [5.41, 5.74) is 5.17. The monoisotopic (exact) mass is 347 g/mol. The molecule has 4 nitrogen and oxygen atoms in total. The van der Waals surface area contributed by atoms with Gasteiger partial charge in [-0.25, -0.2) is 9.78 Å². The van der Waals surface area contributed by atoms with Crippen LogP contribution in [0.5, 0.6) is 5.88 Å². The van der Waals surface area contributed by atoms with Gasteiger partial charge >= 0.3 is 5.97 Å². The number of rotatable bonds is 5. The van der Waals surface area contributed by atoms with Crippen LogP contribution in [-0.2, 0) is 11.3 Å². The summed E-state index contributed by atoms with van der Waals surface area (Å²) in [7, 11) is 1.39. The summed E-state index contributed by atoms with van der Waals surface area (Å²) in [6.45, 7) is 4.27. The Labute approximate surface area is 153 Å². The summed E-state index contributed by atoms with van der Waals surface area (Å²) >= 11 is 0. The molecule has 0 saturated heterocycles. The zero-order chi connectivity index (χ0) is 18.5. The Balaban J connectivity index is 1.85. The maximum absolute atomic E-state index is 11.9. The Morgan fingerprint density at radius 1 is 0.962 bits per heavy atom. The van der Waals surface area contributed by atoms with Crippen LogP contribution >= 0.6 is 0 Å². The predicted molar refractivity (Wildman–Crippen MR) is 101 cm³/mol. The van der Waals surface area contributed by atoms with Crippen molar-refractivity contribution in [1.82, 2.24) is 4.98 Å². The topological polar surface area (TPSA) is 48.4 Å². The summed E-state index contributed by atoms with van der Waals surface area (Å²) in [6.07, 6.45) is 0. The fraction of sp³-hybridized carbons (Fsp3) is 0.182. The normalized spacial score (nSPS) is 10.4. The molecule has 0 radical (unpaired) electrons. The van der Waals surface area contributed by atoms with Crippen LogP contribution in [0.2, 0.25) is 0 Å². The maximum atomic E-state index is 11.9. The summed E-state index contributed by atoms with van der Waals surface area (Å²) < 4.78 is 10.7. The third-order valence-electron chi connectivity index (χ3n) is 4.17. The molecule has 2 aromatic carbocycles. The van der Waals surface area contributed by atoms with Gasteiger partial charge in [0.2, 0.25) is 5.88 Å².